The van der Waals surface area contributed by atoms with Gasteiger partial charge >= 0.3 is 0 Å². The van der Waals surface area contributed by atoms with E-state index in [1.54, 1.807) is 30.7 Å². The van der Waals surface area contributed by atoms with Gasteiger partial charge in [0, 0.05) is 30.3 Å². The SMILES string of the molecule is CN(Cc1ccoc1)Cc1cccc(C(=O)Nc2ccc(F)cc2F)c1. The molecule has 134 valence electrons. The average molecular weight is 356 g/mol. The van der Waals surface area contributed by atoms with Crippen LogP contribution >= 0.6 is 0 Å². The molecule has 0 aliphatic carbocycles. The van der Waals surface area contributed by atoms with Crippen LogP contribution in [0.3, 0.4) is 0 Å². The third-order valence-electron chi connectivity index (χ3n) is 3.85. The third-order valence-corrected chi connectivity index (χ3v) is 3.85. The second-order valence-corrected chi connectivity index (χ2v) is 6.08. The predicted octanol–water partition coefficient (Wildman–Crippen LogP) is 4.44. The topological polar surface area (TPSA) is 45.5 Å². The van der Waals surface area contributed by atoms with Gasteiger partial charge in [0.15, 0.2) is 0 Å². The highest BCUT2D eigenvalue weighted by atomic mass is 19.1. The summed E-state index contributed by atoms with van der Waals surface area (Å²) < 4.78 is 31.7. The van der Waals surface area contributed by atoms with Crippen LogP contribution in [0.2, 0.25) is 0 Å². The fourth-order valence-electron chi connectivity index (χ4n) is 2.66. The van der Waals surface area contributed by atoms with Gasteiger partial charge in [0.1, 0.15) is 11.6 Å². The quantitative estimate of drug-likeness (QED) is 0.710. The van der Waals surface area contributed by atoms with E-state index in [4.69, 9.17) is 4.42 Å². The zero-order valence-corrected chi connectivity index (χ0v) is 14.2. The zero-order valence-electron chi connectivity index (χ0n) is 14.2. The van der Waals surface area contributed by atoms with Gasteiger partial charge in [0.25, 0.3) is 5.91 Å². The lowest BCUT2D eigenvalue weighted by Crippen LogP contribution is -2.18. The number of furan rings is 1. The lowest BCUT2D eigenvalue weighted by Gasteiger charge is -2.16. The zero-order chi connectivity index (χ0) is 18.5. The van der Waals surface area contributed by atoms with Gasteiger partial charge in [-0.15, -0.1) is 0 Å². The van der Waals surface area contributed by atoms with Gasteiger partial charge in [-0.25, -0.2) is 8.78 Å². The van der Waals surface area contributed by atoms with Crippen molar-refractivity contribution in [1.29, 1.82) is 0 Å². The standard InChI is InChI=1S/C20H18F2N2O2/c1-24(12-15-7-8-26-13-15)11-14-3-2-4-16(9-14)20(25)23-19-6-5-17(21)10-18(19)22/h2-10,13H,11-12H2,1H3,(H,23,25). The Bertz CT molecular complexity index is 895. The molecule has 0 aliphatic rings. The minimum absolute atomic E-state index is 0.0566. The first-order valence-electron chi connectivity index (χ1n) is 8.06. The first-order valence-corrected chi connectivity index (χ1v) is 8.06. The summed E-state index contributed by atoms with van der Waals surface area (Å²) in [7, 11) is 1.97. The molecule has 3 aromatic rings. The van der Waals surface area contributed by atoms with Crippen molar-refractivity contribution in [2.24, 2.45) is 0 Å². The van der Waals surface area contributed by atoms with Crippen LogP contribution in [0.15, 0.2) is 65.5 Å². The number of carbonyl (C=O) groups is 1. The Morgan fingerprint density at radius 1 is 1.08 bits per heavy atom. The van der Waals surface area contributed by atoms with Gasteiger partial charge in [-0.05, 0) is 42.9 Å². The number of amides is 1. The van der Waals surface area contributed by atoms with E-state index in [1.807, 2.05) is 19.2 Å². The molecule has 0 aliphatic heterocycles. The van der Waals surface area contributed by atoms with Crippen LogP contribution in [-0.4, -0.2) is 17.9 Å². The molecule has 6 heteroatoms. The molecular weight excluding hydrogens is 338 g/mol. The number of carbonyl (C=O) groups excluding carboxylic acids is 1. The molecule has 0 saturated heterocycles. The van der Waals surface area contributed by atoms with Crippen molar-refractivity contribution in [3.8, 4) is 0 Å². The lowest BCUT2D eigenvalue weighted by molar-refractivity contribution is 0.102. The maximum absolute atomic E-state index is 13.7. The Morgan fingerprint density at radius 2 is 1.88 bits per heavy atom. The summed E-state index contributed by atoms with van der Waals surface area (Å²) >= 11 is 0. The highest BCUT2D eigenvalue weighted by Gasteiger charge is 2.11. The van der Waals surface area contributed by atoms with Gasteiger partial charge in [-0.3, -0.25) is 9.69 Å². The lowest BCUT2D eigenvalue weighted by atomic mass is 10.1. The summed E-state index contributed by atoms with van der Waals surface area (Å²) in [5.74, 6) is -1.95. The number of hydrogen-bond donors (Lipinski definition) is 1. The summed E-state index contributed by atoms with van der Waals surface area (Å²) in [4.78, 5) is 14.4. The Morgan fingerprint density at radius 3 is 2.62 bits per heavy atom. The number of rotatable bonds is 6. The Balaban J connectivity index is 1.67. The maximum Gasteiger partial charge on any atom is 0.255 e. The van der Waals surface area contributed by atoms with Crippen LogP contribution in [-0.2, 0) is 13.1 Å². The van der Waals surface area contributed by atoms with Crippen molar-refractivity contribution >= 4 is 11.6 Å². The number of hydrogen-bond acceptors (Lipinski definition) is 3. The Labute approximate surface area is 150 Å². The van der Waals surface area contributed by atoms with Crippen LogP contribution in [0, 0.1) is 11.6 Å². The summed E-state index contributed by atoms with van der Waals surface area (Å²) in [5, 5.41) is 2.46. The molecule has 1 N–H and O–H groups in total. The molecule has 1 amide bonds. The van der Waals surface area contributed by atoms with Crippen molar-refractivity contribution in [3.05, 3.63) is 89.4 Å². The van der Waals surface area contributed by atoms with Crippen molar-refractivity contribution in [2.75, 3.05) is 12.4 Å². The predicted molar refractivity (Wildman–Crippen MR) is 94.6 cm³/mol. The summed E-state index contributed by atoms with van der Waals surface area (Å²) in [6.07, 6.45) is 3.32. The molecule has 0 atom stereocenters. The minimum Gasteiger partial charge on any atom is -0.472 e. The molecule has 0 bridgehead atoms. The molecule has 1 heterocycles. The molecule has 1 aromatic heterocycles. The van der Waals surface area contributed by atoms with Crippen LogP contribution in [0.1, 0.15) is 21.5 Å². The van der Waals surface area contributed by atoms with E-state index in [1.165, 1.54) is 6.07 Å². The van der Waals surface area contributed by atoms with Crippen molar-refractivity contribution in [2.45, 2.75) is 13.1 Å². The number of anilines is 1. The van der Waals surface area contributed by atoms with Crippen LogP contribution in [0.4, 0.5) is 14.5 Å². The second-order valence-electron chi connectivity index (χ2n) is 6.08. The molecule has 26 heavy (non-hydrogen) atoms. The maximum atomic E-state index is 13.7. The largest absolute Gasteiger partial charge is 0.472 e. The Hall–Kier alpha value is -2.99. The van der Waals surface area contributed by atoms with E-state index in [0.29, 0.717) is 18.7 Å². The van der Waals surface area contributed by atoms with E-state index < -0.39 is 17.5 Å². The molecule has 3 rings (SSSR count). The minimum atomic E-state index is -0.811. The van der Waals surface area contributed by atoms with Crippen LogP contribution in [0.5, 0.6) is 0 Å². The van der Waals surface area contributed by atoms with Gasteiger partial charge < -0.3 is 9.73 Å². The normalized spacial score (nSPS) is 10.9. The monoisotopic (exact) mass is 356 g/mol. The number of nitrogens with one attached hydrogen (secondary N) is 1. The first-order chi connectivity index (χ1) is 12.5. The molecule has 0 radical (unpaired) electrons. The number of nitrogens with zero attached hydrogens (tertiary/aromatic N) is 1. The van der Waals surface area contributed by atoms with Gasteiger partial charge in [0.05, 0.1) is 18.2 Å². The molecular formula is C20H18F2N2O2. The molecule has 0 spiro atoms. The number of halogens is 2. The fourth-order valence-corrected chi connectivity index (χ4v) is 2.66. The third kappa shape index (κ3) is 4.55. The molecule has 0 saturated carbocycles. The highest BCUT2D eigenvalue weighted by Crippen LogP contribution is 2.17. The van der Waals surface area contributed by atoms with Gasteiger partial charge in [0.2, 0.25) is 0 Å². The van der Waals surface area contributed by atoms with Gasteiger partial charge in [-0.2, -0.15) is 0 Å². The smallest absolute Gasteiger partial charge is 0.255 e. The first kappa shape index (κ1) is 17.8. The van der Waals surface area contributed by atoms with E-state index in [0.717, 1.165) is 23.3 Å². The van der Waals surface area contributed by atoms with Crippen molar-refractivity contribution in [3.63, 3.8) is 0 Å². The highest BCUT2D eigenvalue weighted by molar-refractivity contribution is 6.04. The van der Waals surface area contributed by atoms with E-state index in [-0.39, 0.29) is 5.69 Å². The average Bonchev–Trinajstić information content (AvgIpc) is 3.10. The van der Waals surface area contributed by atoms with E-state index in [9.17, 15) is 13.6 Å². The molecule has 0 fully saturated rings. The summed E-state index contributed by atoms with van der Waals surface area (Å²) in [5.41, 5.74) is 2.36. The Kier molecular flexibility index (Phi) is 5.43. The molecule has 4 nitrogen and oxygen atoms in total. The van der Waals surface area contributed by atoms with Gasteiger partial charge in [-0.1, -0.05) is 12.1 Å². The van der Waals surface area contributed by atoms with Crippen LogP contribution < -0.4 is 5.32 Å². The van der Waals surface area contributed by atoms with Crippen molar-refractivity contribution in [1.82, 2.24) is 4.90 Å². The van der Waals surface area contributed by atoms with E-state index >= 15 is 0 Å². The van der Waals surface area contributed by atoms with E-state index in [2.05, 4.69) is 10.2 Å². The second kappa shape index (κ2) is 7.93. The van der Waals surface area contributed by atoms with Crippen LogP contribution in [0.25, 0.3) is 0 Å². The molecule has 0 unspecified atom stereocenters. The fraction of sp³-hybridized carbons (Fsp3) is 0.150. The number of benzene rings is 2. The summed E-state index contributed by atoms with van der Waals surface area (Å²) in [6, 6.07) is 12.0. The summed E-state index contributed by atoms with van der Waals surface area (Å²) in [6.45, 7) is 1.35. The molecule has 2 aromatic carbocycles. The van der Waals surface area contributed by atoms with Crippen molar-refractivity contribution < 1.29 is 18.0 Å².